The Bertz CT molecular complexity index is 627. The molecule has 0 aliphatic rings. The lowest BCUT2D eigenvalue weighted by molar-refractivity contribution is 0.454. The molecule has 1 unspecified atom stereocenters. The summed E-state index contributed by atoms with van der Waals surface area (Å²) < 4.78 is 6.88. The number of hydrogen-bond donors (Lipinski definition) is 1. The largest absolute Gasteiger partial charge is 0.467 e. The van der Waals surface area contributed by atoms with Crippen molar-refractivity contribution in [2.24, 2.45) is 0 Å². The van der Waals surface area contributed by atoms with Gasteiger partial charge in [-0.25, -0.2) is 0 Å². The molecule has 0 saturated carbocycles. The normalized spacial score (nSPS) is 12.9. The second kappa shape index (κ2) is 4.96. The van der Waals surface area contributed by atoms with Crippen molar-refractivity contribution in [3.8, 4) is 0 Å². The number of benzene rings is 1. The molecular formula is C15H15NOS. The maximum absolute atomic E-state index is 5.56. The SMILES string of the molecule is CCNC(c1ccco1)c1csc2ccccc12. The third-order valence-corrected chi connectivity index (χ3v) is 4.04. The Kier molecular flexibility index (Phi) is 3.17. The van der Waals surface area contributed by atoms with Crippen LogP contribution in [-0.2, 0) is 0 Å². The van der Waals surface area contributed by atoms with Crippen LogP contribution in [0.4, 0.5) is 0 Å². The van der Waals surface area contributed by atoms with Crippen LogP contribution in [-0.4, -0.2) is 6.54 Å². The molecule has 1 aromatic carbocycles. The molecule has 18 heavy (non-hydrogen) atoms. The lowest BCUT2D eigenvalue weighted by atomic mass is 10.0. The third kappa shape index (κ3) is 1.96. The molecule has 0 bridgehead atoms. The number of nitrogens with one attached hydrogen (secondary N) is 1. The van der Waals surface area contributed by atoms with Crippen molar-refractivity contribution in [2.45, 2.75) is 13.0 Å². The first kappa shape index (κ1) is 11.5. The molecule has 2 aromatic heterocycles. The highest BCUT2D eigenvalue weighted by Crippen LogP contribution is 2.33. The molecule has 92 valence electrons. The Hall–Kier alpha value is -1.58. The van der Waals surface area contributed by atoms with Crippen molar-refractivity contribution < 1.29 is 4.42 Å². The molecule has 0 aliphatic carbocycles. The summed E-state index contributed by atoms with van der Waals surface area (Å²) in [6, 6.07) is 12.6. The first-order valence-corrected chi connectivity index (χ1v) is 7.01. The summed E-state index contributed by atoms with van der Waals surface area (Å²) in [6.07, 6.45) is 1.73. The second-order valence-corrected chi connectivity index (χ2v) is 5.10. The predicted octanol–water partition coefficient (Wildman–Crippen LogP) is 4.19. The highest BCUT2D eigenvalue weighted by atomic mass is 32.1. The first-order chi connectivity index (χ1) is 8.90. The quantitative estimate of drug-likeness (QED) is 0.758. The average molecular weight is 257 g/mol. The van der Waals surface area contributed by atoms with Crippen molar-refractivity contribution in [3.63, 3.8) is 0 Å². The van der Waals surface area contributed by atoms with E-state index in [0.717, 1.165) is 12.3 Å². The summed E-state index contributed by atoms with van der Waals surface area (Å²) in [5.74, 6) is 0.973. The Morgan fingerprint density at radius 2 is 2.11 bits per heavy atom. The average Bonchev–Trinajstić information content (AvgIpc) is 3.06. The van der Waals surface area contributed by atoms with E-state index in [1.165, 1.54) is 15.6 Å². The maximum Gasteiger partial charge on any atom is 0.125 e. The zero-order valence-corrected chi connectivity index (χ0v) is 11.0. The van der Waals surface area contributed by atoms with Crippen LogP contribution in [0.25, 0.3) is 10.1 Å². The van der Waals surface area contributed by atoms with Gasteiger partial charge in [-0.1, -0.05) is 25.1 Å². The standard InChI is InChI=1S/C15H15NOS/c1-2-16-15(13-7-5-9-17-13)12-10-18-14-8-4-3-6-11(12)14/h3-10,15-16H,2H2,1H3. The van der Waals surface area contributed by atoms with Gasteiger partial charge in [-0.3, -0.25) is 0 Å². The highest BCUT2D eigenvalue weighted by molar-refractivity contribution is 7.17. The van der Waals surface area contributed by atoms with Crippen LogP contribution >= 0.6 is 11.3 Å². The second-order valence-electron chi connectivity index (χ2n) is 4.19. The fourth-order valence-corrected chi connectivity index (χ4v) is 3.23. The lowest BCUT2D eigenvalue weighted by Gasteiger charge is -2.15. The van der Waals surface area contributed by atoms with Gasteiger partial charge in [0.1, 0.15) is 5.76 Å². The van der Waals surface area contributed by atoms with Gasteiger partial charge in [0.15, 0.2) is 0 Å². The van der Waals surface area contributed by atoms with Crippen molar-refractivity contribution >= 4 is 21.4 Å². The van der Waals surface area contributed by atoms with Crippen molar-refractivity contribution in [3.05, 3.63) is 59.4 Å². The van der Waals surface area contributed by atoms with E-state index in [0.29, 0.717) is 0 Å². The molecule has 0 amide bonds. The molecular weight excluding hydrogens is 242 g/mol. The van der Waals surface area contributed by atoms with Crippen LogP contribution < -0.4 is 5.32 Å². The molecule has 0 radical (unpaired) electrons. The highest BCUT2D eigenvalue weighted by Gasteiger charge is 2.18. The summed E-state index contributed by atoms with van der Waals surface area (Å²) in [5, 5.41) is 7.03. The van der Waals surface area contributed by atoms with Gasteiger partial charge in [-0.15, -0.1) is 11.3 Å². The number of hydrogen-bond acceptors (Lipinski definition) is 3. The molecule has 0 aliphatic heterocycles. The zero-order valence-electron chi connectivity index (χ0n) is 10.2. The van der Waals surface area contributed by atoms with E-state index in [-0.39, 0.29) is 6.04 Å². The molecule has 3 rings (SSSR count). The molecule has 3 heteroatoms. The van der Waals surface area contributed by atoms with E-state index >= 15 is 0 Å². The number of rotatable bonds is 4. The Labute approximate surface area is 110 Å². The maximum atomic E-state index is 5.56. The minimum absolute atomic E-state index is 0.140. The summed E-state index contributed by atoms with van der Waals surface area (Å²) >= 11 is 1.78. The van der Waals surface area contributed by atoms with E-state index in [1.807, 2.05) is 12.1 Å². The summed E-state index contributed by atoms with van der Waals surface area (Å²) in [4.78, 5) is 0. The topological polar surface area (TPSA) is 25.2 Å². The van der Waals surface area contributed by atoms with Gasteiger partial charge in [0.05, 0.1) is 12.3 Å². The first-order valence-electron chi connectivity index (χ1n) is 6.13. The van der Waals surface area contributed by atoms with Gasteiger partial charge < -0.3 is 9.73 Å². The number of furan rings is 1. The third-order valence-electron chi connectivity index (χ3n) is 3.06. The van der Waals surface area contributed by atoms with Crippen LogP contribution in [0.2, 0.25) is 0 Å². The van der Waals surface area contributed by atoms with E-state index in [9.17, 15) is 0 Å². The molecule has 1 N–H and O–H groups in total. The lowest BCUT2D eigenvalue weighted by Crippen LogP contribution is -2.21. The minimum atomic E-state index is 0.140. The molecule has 0 saturated heterocycles. The van der Waals surface area contributed by atoms with Crippen LogP contribution in [0.5, 0.6) is 0 Å². The van der Waals surface area contributed by atoms with Gasteiger partial charge in [-0.2, -0.15) is 0 Å². The van der Waals surface area contributed by atoms with Crippen LogP contribution in [0.3, 0.4) is 0 Å². The van der Waals surface area contributed by atoms with E-state index in [4.69, 9.17) is 4.42 Å². The molecule has 2 heterocycles. The smallest absolute Gasteiger partial charge is 0.125 e. The molecule has 0 fully saturated rings. The summed E-state index contributed by atoms with van der Waals surface area (Å²) in [5.41, 5.74) is 1.30. The summed E-state index contributed by atoms with van der Waals surface area (Å²) in [7, 11) is 0. The number of thiophene rings is 1. The van der Waals surface area contributed by atoms with Crippen LogP contribution in [0, 0.1) is 0 Å². The van der Waals surface area contributed by atoms with Crippen molar-refractivity contribution in [2.75, 3.05) is 6.54 Å². The molecule has 1 atom stereocenters. The van der Waals surface area contributed by atoms with E-state index < -0.39 is 0 Å². The van der Waals surface area contributed by atoms with Gasteiger partial charge in [-0.05, 0) is 41.1 Å². The van der Waals surface area contributed by atoms with Gasteiger partial charge >= 0.3 is 0 Å². The number of fused-ring (bicyclic) bond motifs is 1. The van der Waals surface area contributed by atoms with Gasteiger partial charge in [0.2, 0.25) is 0 Å². The Balaban J connectivity index is 2.10. The van der Waals surface area contributed by atoms with Gasteiger partial charge in [0.25, 0.3) is 0 Å². The van der Waals surface area contributed by atoms with Gasteiger partial charge in [0, 0.05) is 4.70 Å². The van der Waals surface area contributed by atoms with Crippen molar-refractivity contribution in [1.29, 1.82) is 0 Å². The van der Waals surface area contributed by atoms with Crippen LogP contribution in [0.1, 0.15) is 24.3 Å². The summed E-state index contributed by atoms with van der Waals surface area (Å²) in [6.45, 7) is 3.03. The Morgan fingerprint density at radius 3 is 2.89 bits per heavy atom. The Morgan fingerprint density at radius 1 is 1.22 bits per heavy atom. The fraction of sp³-hybridized carbons (Fsp3) is 0.200. The molecule has 3 aromatic rings. The monoisotopic (exact) mass is 257 g/mol. The molecule has 0 spiro atoms. The van der Waals surface area contributed by atoms with E-state index in [1.54, 1.807) is 17.6 Å². The van der Waals surface area contributed by atoms with Crippen LogP contribution in [0.15, 0.2) is 52.5 Å². The zero-order chi connectivity index (χ0) is 12.4. The molecule has 2 nitrogen and oxygen atoms in total. The predicted molar refractivity (Wildman–Crippen MR) is 76.1 cm³/mol. The van der Waals surface area contributed by atoms with E-state index in [2.05, 4.69) is 41.9 Å². The van der Waals surface area contributed by atoms with Crippen molar-refractivity contribution in [1.82, 2.24) is 5.32 Å². The fourth-order valence-electron chi connectivity index (χ4n) is 2.25. The minimum Gasteiger partial charge on any atom is -0.467 e.